The second-order valence-corrected chi connectivity index (χ2v) is 10.1. The van der Waals surface area contributed by atoms with Crippen LogP contribution in [-0.2, 0) is 0 Å². The number of rotatable bonds is 14. The summed E-state index contributed by atoms with van der Waals surface area (Å²) < 4.78 is 23.2. The summed E-state index contributed by atoms with van der Waals surface area (Å²) >= 11 is 0. The molecule has 0 aliphatic rings. The van der Waals surface area contributed by atoms with E-state index in [1.165, 1.54) is 0 Å². The van der Waals surface area contributed by atoms with Gasteiger partial charge in [-0.25, -0.2) is 0 Å². The highest BCUT2D eigenvalue weighted by atomic mass is 16.5. The van der Waals surface area contributed by atoms with E-state index in [9.17, 15) is 9.59 Å². The Morgan fingerprint density at radius 3 is 1.71 bits per heavy atom. The van der Waals surface area contributed by atoms with Crippen LogP contribution in [0, 0.1) is 0 Å². The Labute approximate surface area is 249 Å². The predicted octanol–water partition coefficient (Wildman–Crippen LogP) is 9.24. The Morgan fingerprint density at radius 1 is 0.571 bits per heavy atom. The maximum Gasteiger partial charge on any atom is 0.163 e. The molecule has 4 aromatic carbocycles. The predicted molar refractivity (Wildman–Crippen MR) is 171 cm³/mol. The molecule has 0 saturated heterocycles. The van der Waals surface area contributed by atoms with E-state index in [0.29, 0.717) is 49.1 Å². The molecule has 4 aromatic rings. The lowest BCUT2D eigenvalue weighted by Gasteiger charge is -2.16. The van der Waals surface area contributed by atoms with Crippen molar-refractivity contribution in [3.8, 4) is 23.0 Å². The molecule has 6 nitrogen and oxygen atoms in total. The molecule has 0 amide bonds. The van der Waals surface area contributed by atoms with Crippen LogP contribution in [0.3, 0.4) is 0 Å². The molecular formula is C36H44O6. The van der Waals surface area contributed by atoms with E-state index in [1.807, 2.05) is 74.5 Å². The highest BCUT2D eigenvalue weighted by Gasteiger charge is 2.16. The van der Waals surface area contributed by atoms with Crippen LogP contribution < -0.4 is 18.9 Å². The van der Waals surface area contributed by atoms with Gasteiger partial charge in [-0.15, -0.1) is 0 Å². The number of ether oxygens (including phenoxy) is 4. The molecule has 0 aromatic heterocycles. The summed E-state index contributed by atoms with van der Waals surface area (Å²) in [7, 11) is 0. The molecule has 0 fully saturated rings. The zero-order valence-electron chi connectivity index (χ0n) is 25.9. The molecule has 0 atom stereocenters. The van der Waals surface area contributed by atoms with E-state index in [2.05, 4.69) is 13.8 Å². The van der Waals surface area contributed by atoms with Crippen LogP contribution in [0.15, 0.2) is 60.7 Å². The number of carbonyl (C=O) groups is 2. The second kappa shape index (κ2) is 16.4. The first-order chi connectivity index (χ1) is 20.4. The Bertz CT molecular complexity index is 1490. The lowest BCUT2D eigenvalue weighted by molar-refractivity contribution is 0.100. The molecule has 0 aliphatic heterocycles. The number of carbonyl (C=O) groups excluding carboxylic acids is 2. The van der Waals surface area contributed by atoms with Crippen molar-refractivity contribution >= 4 is 33.1 Å². The van der Waals surface area contributed by atoms with E-state index in [1.54, 1.807) is 13.8 Å². The quantitative estimate of drug-likeness (QED) is 0.140. The van der Waals surface area contributed by atoms with Gasteiger partial charge in [0, 0.05) is 5.39 Å². The van der Waals surface area contributed by atoms with E-state index in [4.69, 9.17) is 18.9 Å². The van der Waals surface area contributed by atoms with Crippen LogP contribution in [0.4, 0.5) is 0 Å². The fourth-order valence-electron chi connectivity index (χ4n) is 4.49. The fraction of sp³-hybridized carbons (Fsp3) is 0.389. The molecule has 0 unspecified atom stereocenters. The summed E-state index contributed by atoms with van der Waals surface area (Å²) in [5.74, 6) is 2.93. The smallest absolute Gasteiger partial charge is 0.163 e. The van der Waals surface area contributed by atoms with Gasteiger partial charge in [-0.05, 0) is 80.6 Å². The van der Waals surface area contributed by atoms with Crippen molar-refractivity contribution in [1.82, 2.24) is 0 Å². The van der Waals surface area contributed by atoms with Crippen LogP contribution in [-0.4, -0.2) is 38.0 Å². The van der Waals surface area contributed by atoms with Crippen molar-refractivity contribution in [2.45, 2.75) is 67.2 Å². The zero-order valence-corrected chi connectivity index (χ0v) is 25.9. The van der Waals surface area contributed by atoms with Gasteiger partial charge in [-0.1, -0.05) is 58.0 Å². The average Bonchev–Trinajstić information content (AvgIpc) is 3.00. The van der Waals surface area contributed by atoms with E-state index < -0.39 is 0 Å². The van der Waals surface area contributed by atoms with E-state index >= 15 is 0 Å². The van der Waals surface area contributed by atoms with Gasteiger partial charge in [0.2, 0.25) is 0 Å². The molecule has 0 bridgehead atoms. The lowest BCUT2D eigenvalue weighted by atomic mass is 10.0. The number of fused-ring (bicyclic) bond motifs is 2. The molecule has 224 valence electrons. The molecule has 0 saturated carbocycles. The fourth-order valence-corrected chi connectivity index (χ4v) is 4.49. The van der Waals surface area contributed by atoms with Crippen molar-refractivity contribution in [3.05, 3.63) is 71.8 Å². The van der Waals surface area contributed by atoms with Gasteiger partial charge in [-0.3, -0.25) is 9.59 Å². The van der Waals surface area contributed by atoms with Crippen LogP contribution in [0.25, 0.3) is 21.5 Å². The molecule has 6 heteroatoms. The monoisotopic (exact) mass is 572 g/mol. The maximum atomic E-state index is 11.9. The first-order valence-electron chi connectivity index (χ1n) is 15.0. The molecule has 0 spiro atoms. The van der Waals surface area contributed by atoms with E-state index in [-0.39, 0.29) is 11.6 Å². The van der Waals surface area contributed by atoms with Gasteiger partial charge in [0.15, 0.2) is 11.6 Å². The Kier molecular flexibility index (Phi) is 12.7. The Hall–Kier alpha value is -4.06. The van der Waals surface area contributed by atoms with Crippen molar-refractivity contribution < 1.29 is 28.5 Å². The summed E-state index contributed by atoms with van der Waals surface area (Å²) in [6.07, 6.45) is 3.70. The number of benzene rings is 4. The van der Waals surface area contributed by atoms with Gasteiger partial charge >= 0.3 is 0 Å². The summed E-state index contributed by atoms with van der Waals surface area (Å²) in [6.45, 7) is 13.9. The minimum atomic E-state index is 0.00768. The first kappa shape index (κ1) is 32.5. The van der Waals surface area contributed by atoms with E-state index in [0.717, 1.165) is 58.7 Å². The van der Waals surface area contributed by atoms with Crippen LogP contribution in [0.5, 0.6) is 23.0 Å². The number of ketones is 2. The SMILES string of the molecule is CCCOc1ccc2ccc(C(C)=O)c(OCCC)c2c1.CCCOc1cccc2ccc(C(C)=O)c(OCCC)c12. The molecule has 0 N–H and O–H groups in total. The minimum Gasteiger partial charge on any atom is -0.494 e. The molecule has 0 heterocycles. The third-order valence-corrected chi connectivity index (χ3v) is 6.50. The lowest BCUT2D eigenvalue weighted by Crippen LogP contribution is -2.04. The van der Waals surface area contributed by atoms with Crippen molar-refractivity contribution in [2.75, 3.05) is 26.4 Å². The number of hydrogen-bond donors (Lipinski definition) is 0. The van der Waals surface area contributed by atoms with Crippen LogP contribution in [0.2, 0.25) is 0 Å². The summed E-state index contributed by atoms with van der Waals surface area (Å²) in [5.41, 5.74) is 1.24. The van der Waals surface area contributed by atoms with Gasteiger partial charge < -0.3 is 18.9 Å². The summed E-state index contributed by atoms with van der Waals surface area (Å²) in [4.78, 5) is 23.7. The standard InChI is InChI=1S/2C18H22O3/c1-4-10-20-15-8-6-14-7-9-16(13(3)19)18(17(14)12-15)21-11-5-2;1-4-11-20-16-8-6-7-14-9-10-15(13(3)19)18(17(14)16)21-12-5-2/h6-9,12H,4-5,10-11H2,1-3H3;6-10H,4-5,11-12H2,1-3H3. The Morgan fingerprint density at radius 2 is 1.10 bits per heavy atom. The summed E-state index contributed by atoms with van der Waals surface area (Å²) in [5, 5.41) is 3.91. The van der Waals surface area contributed by atoms with Gasteiger partial charge in [-0.2, -0.15) is 0 Å². The largest absolute Gasteiger partial charge is 0.494 e. The van der Waals surface area contributed by atoms with Crippen molar-refractivity contribution in [1.29, 1.82) is 0 Å². The highest BCUT2D eigenvalue weighted by Crippen LogP contribution is 2.37. The van der Waals surface area contributed by atoms with Gasteiger partial charge in [0.25, 0.3) is 0 Å². The highest BCUT2D eigenvalue weighted by molar-refractivity contribution is 6.06. The van der Waals surface area contributed by atoms with Crippen molar-refractivity contribution in [3.63, 3.8) is 0 Å². The maximum absolute atomic E-state index is 11.9. The molecular weight excluding hydrogens is 528 g/mol. The van der Waals surface area contributed by atoms with Crippen LogP contribution >= 0.6 is 0 Å². The second-order valence-electron chi connectivity index (χ2n) is 10.1. The molecule has 0 aliphatic carbocycles. The zero-order chi connectivity index (χ0) is 30.5. The third kappa shape index (κ3) is 8.25. The third-order valence-electron chi connectivity index (χ3n) is 6.50. The molecule has 42 heavy (non-hydrogen) atoms. The molecule has 0 radical (unpaired) electrons. The van der Waals surface area contributed by atoms with Crippen LogP contribution in [0.1, 0.15) is 87.9 Å². The van der Waals surface area contributed by atoms with Crippen molar-refractivity contribution in [2.24, 2.45) is 0 Å². The number of Topliss-reactive ketones (excluding diaryl/α,β-unsaturated/α-hetero) is 2. The average molecular weight is 573 g/mol. The van der Waals surface area contributed by atoms with Gasteiger partial charge in [0.1, 0.15) is 23.0 Å². The first-order valence-corrected chi connectivity index (χ1v) is 15.0. The minimum absolute atomic E-state index is 0.00768. The van der Waals surface area contributed by atoms with Gasteiger partial charge in [0.05, 0.1) is 42.9 Å². The molecule has 4 rings (SSSR count). The number of hydrogen-bond acceptors (Lipinski definition) is 6. The Balaban J connectivity index is 0.000000230. The summed E-state index contributed by atoms with van der Waals surface area (Å²) in [6, 6.07) is 19.4. The normalized spacial score (nSPS) is 10.6. The topological polar surface area (TPSA) is 71.1 Å².